The molecule has 2 aliphatic rings. The quantitative estimate of drug-likeness (QED) is 0.191. The molecule has 4 aromatic heterocycles. The van der Waals surface area contributed by atoms with Gasteiger partial charge in [0.25, 0.3) is 0 Å². The van der Waals surface area contributed by atoms with E-state index in [9.17, 15) is 18.5 Å². The van der Waals surface area contributed by atoms with E-state index in [1.807, 2.05) is 12.1 Å². The number of nitrogens with one attached hydrogen (secondary N) is 1. The molecule has 47 heavy (non-hydrogen) atoms. The number of nitro groups is 1. The lowest BCUT2D eigenvalue weighted by atomic mass is 9.93. The Hall–Kier alpha value is -5.15. The van der Waals surface area contributed by atoms with E-state index in [-0.39, 0.29) is 30.1 Å². The standard InChI is InChI=1S/C29H33N11O6S/c1-37-22(16-34-29(37)40(41)42)18-39(47(2,43)44)21-11-24-25(32-15-21)12-27(38-7-9-45-10-8-38)36-28(24)46-23-5-3-19(4-6-23)35-26-17-31-20(13-30)14-33-26/h11-12,14-17,19,23H,3-10,18H2,1-2H3,(H,33,35)/t19-,23+. The molecule has 0 spiro atoms. The third-order valence-electron chi connectivity index (χ3n) is 8.24. The van der Waals surface area contributed by atoms with Gasteiger partial charge in [0.2, 0.25) is 15.9 Å². The number of nitrogens with zero attached hydrogens (tertiary/aromatic N) is 10. The number of rotatable bonds is 10. The Morgan fingerprint density at radius 2 is 1.87 bits per heavy atom. The van der Waals surface area contributed by atoms with Crippen LogP contribution >= 0.6 is 0 Å². The zero-order valence-electron chi connectivity index (χ0n) is 25.8. The van der Waals surface area contributed by atoms with E-state index < -0.39 is 20.9 Å². The summed E-state index contributed by atoms with van der Waals surface area (Å²) in [6, 6.07) is 5.65. The maximum atomic E-state index is 13.0. The monoisotopic (exact) mass is 663 g/mol. The molecule has 2 fully saturated rings. The van der Waals surface area contributed by atoms with Gasteiger partial charge in [-0.2, -0.15) is 10.2 Å². The molecule has 1 aliphatic carbocycles. The highest BCUT2D eigenvalue weighted by atomic mass is 32.2. The molecule has 1 saturated heterocycles. The Labute approximate surface area is 270 Å². The molecule has 0 radical (unpaired) electrons. The van der Waals surface area contributed by atoms with E-state index in [0.717, 1.165) is 36.2 Å². The van der Waals surface area contributed by atoms with Crippen LogP contribution in [0.4, 0.5) is 23.3 Å². The number of anilines is 3. The molecule has 17 nitrogen and oxygen atoms in total. The van der Waals surface area contributed by atoms with E-state index in [0.29, 0.717) is 60.4 Å². The normalized spacial score (nSPS) is 18.4. The van der Waals surface area contributed by atoms with E-state index in [2.05, 4.69) is 30.2 Å². The zero-order chi connectivity index (χ0) is 33.1. The van der Waals surface area contributed by atoms with Crippen LogP contribution in [-0.4, -0.2) is 87.5 Å². The highest BCUT2D eigenvalue weighted by molar-refractivity contribution is 7.92. The predicted molar refractivity (Wildman–Crippen MR) is 171 cm³/mol. The van der Waals surface area contributed by atoms with Crippen LogP contribution in [0.3, 0.4) is 0 Å². The lowest BCUT2D eigenvalue weighted by Gasteiger charge is -2.31. The van der Waals surface area contributed by atoms with Gasteiger partial charge < -0.3 is 29.8 Å². The molecule has 0 unspecified atom stereocenters. The number of morpholine rings is 1. The molecule has 1 saturated carbocycles. The van der Waals surface area contributed by atoms with Crippen molar-refractivity contribution in [1.29, 1.82) is 5.26 Å². The molecule has 0 bridgehead atoms. The van der Waals surface area contributed by atoms with Crippen LogP contribution in [0.15, 0.2) is 36.9 Å². The minimum atomic E-state index is -3.85. The van der Waals surface area contributed by atoms with Crippen LogP contribution in [0.5, 0.6) is 5.88 Å². The van der Waals surface area contributed by atoms with Crippen molar-refractivity contribution in [2.45, 2.75) is 44.4 Å². The molecule has 0 aromatic carbocycles. The number of pyridine rings is 2. The van der Waals surface area contributed by atoms with Crippen molar-refractivity contribution in [2.24, 2.45) is 7.05 Å². The fourth-order valence-corrected chi connectivity index (χ4v) is 6.55. The van der Waals surface area contributed by atoms with Crippen LogP contribution in [0.2, 0.25) is 0 Å². The Bertz CT molecular complexity index is 1920. The summed E-state index contributed by atoms with van der Waals surface area (Å²) < 4.78 is 40.5. The van der Waals surface area contributed by atoms with Crippen LogP contribution < -0.4 is 19.3 Å². The second kappa shape index (κ2) is 13.3. The fraction of sp³-hybridized carbons (Fsp3) is 0.448. The average Bonchev–Trinajstić information content (AvgIpc) is 3.44. The summed E-state index contributed by atoms with van der Waals surface area (Å²) >= 11 is 0. The SMILES string of the molecule is Cn1c(CN(c2cnc3cc(N4CCOCC4)nc(O[C@H]4CC[C@@H](Nc5cnc(C#N)cn5)CC4)c3c2)S(C)(=O)=O)cnc1[N+](=O)[O-]. The van der Waals surface area contributed by atoms with Crippen LogP contribution in [0, 0.1) is 21.4 Å². The molecule has 4 aromatic rings. The number of imidazole rings is 1. The molecule has 18 heteroatoms. The summed E-state index contributed by atoms with van der Waals surface area (Å²) in [5.74, 6) is 1.25. The second-order valence-corrected chi connectivity index (χ2v) is 13.3. The van der Waals surface area contributed by atoms with Crippen LogP contribution in [0.1, 0.15) is 37.1 Å². The first kappa shape index (κ1) is 31.8. The molecular weight excluding hydrogens is 630 g/mol. The molecular formula is C29H33N11O6S. The van der Waals surface area contributed by atoms with Crippen molar-refractivity contribution >= 4 is 44.2 Å². The van der Waals surface area contributed by atoms with E-state index in [1.54, 1.807) is 12.3 Å². The Balaban J connectivity index is 1.28. The summed E-state index contributed by atoms with van der Waals surface area (Å²) in [6.45, 7) is 2.25. The van der Waals surface area contributed by atoms with E-state index in [4.69, 9.17) is 19.7 Å². The van der Waals surface area contributed by atoms with Gasteiger partial charge in [-0.05, 0) is 36.7 Å². The molecule has 6 rings (SSSR count). The lowest BCUT2D eigenvalue weighted by Crippen LogP contribution is -2.37. The van der Waals surface area contributed by atoms with Gasteiger partial charge >= 0.3 is 5.95 Å². The molecule has 1 aliphatic heterocycles. The first-order valence-electron chi connectivity index (χ1n) is 15.0. The third kappa shape index (κ3) is 7.15. The number of aromatic nitrogens is 6. The van der Waals surface area contributed by atoms with Gasteiger partial charge in [0.05, 0.1) is 68.2 Å². The summed E-state index contributed by atoms with van der Waals surface area (Å²) in [5, 5.41) is 24.2. The highest BCUT2D eigenvalue weighted by Gasteiger charge is 2.28. The van der Waals surface area contributed by atoms with Crippen molar-refractivity contribution in [3.8, 4) is 11.9 Å². The predicted octanol–water partition coefficient (Wildman–Crippen LogP) is 2.54. The van der Waals surface area contributed by atoms with Gasteiger partial charge in [-0.3, -0.25) is 9.29 Å². The number of hydrogen-bond donors (Lipinski definition) is 1. The van der Waals surface area contributed by atoms with Gasteiger partial charge in [0, 0.05) is 25.2 Å². The molecule has 246 valence electrons. The maximum Gasteiger partial charge on any atom is 0.434 e. The number of fused-ring (bicyclic) bond motifs is 1. The van der Waals surface area contributed by atoms with Crippen molar-refractivity contribution in [2.75, 3.05) is 47.1 Å². The first-order chi connectivity index (χ1) is 22.6. The van der Waals surface area contributed by atoms with E-state index >= 15 is 0 Å². The Morgan fingerprint density at radius 1 is 1.11 bits per heavy atom. The average molecular weight is 664 g/mol. The zero-order valence-corrected chi connectivity index (χ0v) is 26.6. The van der Waals surface area contributed by atoms with Crippen molar-refractivity contribution in [3.05, 3.63) is 58.4 Å². The summed E-state index contributed by atoms with van der Waals surface area (Å²) in [4.78, 5) is 34.5. The summed E-state index contributed by atoms with van der Waals surface area (Å²) in [6.07, 6.45) is 9.71. The highest BCUT2D eigenvalue weighted by Crippen LogP contribution is 2.34. The van der Waals surface area contributed by atoms with Crippen LogP contribution in [-0.2, 0) is 28.4 Å². The number of hydrogen-bond acceptors (Lipinski definition) is 14. The topological polar surface area (TPSA) is 207 Å². The summed E-state index contributed by atoms with van der Waals surface area (Å²) in [7, 11) is -2.38. The number of sulfonamides is 1. The number of nitriles is 1. The Kier molecular flexibility index (Phi) is 9.00. The third-order valence-corrected chi connectivity index (χ3v) is 9.38. The molecule has 1 N–H and O–H groups in total. The van der Waals surface area contributed by atoms with Gasteiger partial charge in [-0.15, -0.1) is 0 Å². The van der Waals surface area contributed by atoms with Gasteiger partial charge in [-0.25, -0.2) is 23.0 Å². The van der Waals surface area contributed by atoms with Gasteiger partial charge in [0.1, 0.15) is 35.7 Å². The number of ether oxygens (including phenoxy) is 2. The lowest BCUT2D eigenvalue weighted by molar-refractivity contribution is -0.396. The fourth-order valence-electron chi connectivity index (χ4n) is 5.70. The largest absolute Gasteiger partial charge is 0.474 e. The van der Waals surface area contributed by atoms with Crippen molar-refractivity contribution in [3.63, 3.8) is 0 Å². The van der Waals surface area contributed by atoms with Crippen molar-refractivity contribution < 1.29 is 22.8 Å². The van der Waals surface area contributed by atoms with Crippen LogP contribution in [0.25, 0.3) is 10.9 Å². The summed E-state index contributed by atoms with van der Waals surface area (Å²) in [5.41, 5.74) is 1.42. The van der Waals surface area contributed by atoms with E-state index in [1.165, 1.54) is 30.2 Å². The molecule has 0 amide bonds. The van der Waals surface area contributed by atoms with Gasteiger partial charge in [0.15, 0.2) is 5.69 Å². The minimum Gasteiger partial charge on any atom is -0.474 e. The van der Waals surface area contributed by atoms with Gasteiger partial charge in [-0.1, -0.05) is 4.98 Å². The maximum absolute atomic E-state index is 13.0. The molecule has 0 atom stereocenters. The minimum absolute atomic E-state index is 0.152. The first-order valence-corrected chi connectivity index (χ1v) is 16.9. The smallest absolute Gasteiger partial charge is 0.434 e. The van der Waals surface area contributed by atoms with Crippen molar-refractivity contribution in [1.82, 2.24) is 29.5 Å². The second-order valence-electron chi connectivity index (χ2n) is 11.4. The Morgan fingerprint density at radius 3 is 2.51 bits per heavy atom. The molecule has 5 heterocycles.